The first kappa shape index (κ1) is 19.7. The number of hydrogen-bond donors (Lipinski definition) is 1. The standard InChI is InChI=1S/C18H19F3N4O3/c1-24-16(26)15(5-8-22-24)23-17(27)25-9-6-13(7-10-25)28-14-4-2-3-12(11-14)18(19,20)21/h2-5,8,11,13H,6-7,9-10H2,1H3,(H,23,27). The smallest absolute Gasteiger partial charge is 0.416 e. The molecule has 1 aliphatic heterocycles. The highest BCUT2D eigenvalue weighted by Gasteiger charge is 2.31. The van der Waals surface area contributed by atoms with E-state index in [0.717, 1.165) is 16.8 Å². The normalized spacial score (nSPS) is 15.4. The summed E-state index contributed by atoms with van der Waals surface area (Å²) in [6.45, 7) is 0.724. The summed E-state index contributed by atoms with van der Waals surface area (Å²) in [6, 6.07) is 5.75. The number of nitrogens with one attached hydrogen (secondary N) is 1. The van der Waals surface area contributed by atoms with Crippen molar-refractivity contribution in [2.75, 3.05) is 18.4 Å². The molecule has 150 valence electrons. The fourth-order valence-electron chi connectivity index (χ4n) is 2.91. The second-order valence-electron chi connectivity index (χ2n) is 6.43. The lowest BCUT2D eigenvalue weighted by atomic mass is 10.1. The topological polar surface area (TPSA) is 76.5 Å². The molecule has 2 heterocycles. The molecule has 0 unspecified atom stereocenters. The van der Waals surface area contributed by atoms with Gasteiger partial charge in [-0.05, 0) is 24.3 Å². The molecular formula is C18H19F3N4O3. The fourth-order valence-corrected chi connectivity index (χ4v) is 2.91. The van der Waals surface area contributed by atoms with Gasteiger partial charge in [-0.3, -0.25) is 4.79 Å². The van der Waals surface area contributed by atoms with Gasteiger partial charge in [0.25, 0.3) is 5.56 Å². The molecule has 2 amide bonds. The predicted octanol–water partition coefficient (Wildman–Crippen LogP) is 2.87. The summed E-state index contributed by atoms with van der Waals surface area (Å²) in [5.41, 5.74) is -1.05. The van der Waals surface area contributed by atoms with Crippen molar-refractivity contribution in [1.82, 2.24) is 14.7 Å². The highest BCUT2D eigenvalue weighted by Crippen LogP contribution is 2.32. The van der Waals surface area contributed by atoms with Gasteiger partial charge >= 0.3 is 12.2 Å². The highest BCUT2D eigenvalue weighted by molar-refractivity contribution is 5.89. The summed E-state index contributed by atoms with van der Waals surface area (Å²) in [7, 11) is 1.48. The second kappa shape index (κ2) is 7.91. The van der Waals surface area contributed by atoms with E-state index in [0.29, 0.717) is 25.9 Å². The minimum atomic E-state index is -4.43. The van der Waals surface area contributed by atoms with Crippen molar-refractivity contribution in [1.29, 1.82) is 0 Å². The Morgan fingerprint density at radius 3 is 2.64 bits per heavy atom. The molecule has 0 radical (unpaired) electrons. The zero-order valence-electron chi connectivity index (χ0n) is 15.1. The maximum Gasteiger partial charge on any atom is 0.416 e. The molecule has 0 aliphatic carbocycles. The van der Waals surface area contributed by atoms with Gasteiger partial charge in [-0.15, -0.1) is 0 Å². The largest absolute Gasteiger partial charge is 0.490 e. The van der Waals surface area contributed by atoms with Gasteiger partial charge in [0.2, 0.25) is 0 Å². The van der Waals surface area contributed by atoms with E-state index in [4.69, 9.17) is 4.74 Å². The van der Waals surface area contributed by atoms with Crippen LogP contribution in [0, 0.1) is 0 Å². The number of urea groups is 1. The number of halogens is 3. The maximum absolute atomic E-state index is 12.8. The van der Waals surface area contributed by atoms with Crippen LogP contribution in [0.25, 0.3) is 0 Å². The van der Waals surface area contributed by atoms with E-state index in [9.17, 15) is 22.8 Å². The summed E-state index contributed by atoms with van der Waals surface area (Å²) in [5, 5.41) is 6.34. The fraction of sp³-hybridized carbons (Fsp3) is 0.389. The number of carbonyl (C=O) groups is 1. The minimum Gasteiger partial charge on any atom is -0.490 e. The third-order valence-corrected chi connectivity index (χ3v) is 4.44. The molecule has 1 fully saturated rings. The molecule has 28 heavy (non-hydrogen) atoms. The summed E-state index contributed by atoms with van der Waals surface area (Å²) in [5.74, 6) is 0.151. The monoisotopic (exact) mass is 396 g/mol. The van der Waals surface area contributed by atoms with Gasteiger partial charge in [-0.2, -0.15) is 18.3 Å². The zero-order valence-corrected chi connectivity index (χ0v) is 15.1. The molecular weight excluding hydrogens is 377 g/mol. The van der Waals surface area contributed by atoms with Crippen LogP contribution in [0.15, 0.2) is 41.3 Å². The van der Waals surface area contributed by atoms with Gasteiger partial charge in [0.15, 0.2) is 0 Å². The molecule has 0 bridgehead atoms. The van der Waals surface area contributed by atoms with Crippen LogP contribution in [0.2, 0.25) is 0 Å². The molecule has 1 N–H and O–H groups in total. The first-order valence-electron chi connectivity index (χ1n) is 8.66. The Kier molecular flexibility index (Phi) is 5.57. The summed E-state index contributed by atoms with van der Waals surface area (Å²) in [6.07, 6.45) is -2.37. The van der Waals surface area contributed by atoms with Crippen LogP contribution >= 0.6 is 0 Å². The number of ether oxygens (including phenoxy) is 1. The lowest BCUT2D eigenvalue weighted by Crippen LogP contribution is -2.44. The first-order chi connectivity index (χ1) is 13.2. The van der Waals surface area contributed by atoms with E-state index in [1.807, 2.05) is 0 Å². The van der Waals surface area contributed by atoms with Crippen molar-refractivity contribution in [2.24, 2.45) is 7.05 Å². The molecule has 1 saturated heterocycles. The van der Waals surface area contributed by atoms with E-state index in [-0.39, 0.29) is 17.5 Å². The maximum atomic E-state index is 12.8. The number of aromatic nitrogens is 2. The van der Waals surface area contributed by atoms with Gasteiger partial charge < -0.3 is 15.0 Å². The predicted molar refractivity (Wildman–Crippen MR) is 95.2 cm³/mol. The highest BCUT2D eigenvalue weighted by atomic mass is 19.4. The summed E-state index contributed by atoms with van der Waals surface area (Å²) >= 11 is 0. The van der Waals surface area contributed by atoms with Crippen molar-refractivity contribution in [3.63, 3.8) is 0 Å². The third kappa shape index (κ3) is 4.62. The van der Waals surface area contributed by atoms with Crippen molar-refractivity contribution in [2.45, 2.75) is 25.1 Å². The Morgan fingerprint density at radius 2 is 1.96 bits per heavy atom. The Bertz CT molecular complexity index is 905. The van der Waals surface area contributed by atoms with Gasteiger partial charge in [0.1, 0.15) is 17.5 Å². The van der Waals surface area contributed by atoms with Crippen molar-refractivity contribution in [3.05, 3.63) is 52.4 Å². The molecule has 0 atom stereocenters. The number of nitrogens with zero attached hydrogens (tertiary/aromatic N) is 3. The van der Waals surface area contributed by atoms with Crippen molar-refractivity contribution >= 4 is 11.7 Å². The van der Waals surface area contributed by atoms with E-state index < -0.39 is 23.3 Å². The van der Waals surface area contributed by atoms with Crippen LogP contribution < -0.4 is 15.6 Å². The molecule has 3 rings (SSSR count). The summed E-state index contributed by atoms with van der Waals surface area (Å²) in [4.78, 5) is 25.8. The number of alkyl halides is 3. The summed E-state index contributed by atoms with van der Waals surface area (Å²) < 4.78 is 45.1. The molecule has 1 aromatic heterocycles. The van der Waals surface area contributed by atoms with Gasteiger partial charge in [0.05, 0.1) is 5.56 Å². The van der Waals surface area contributed by atoms with E-state index in [1.54, 1.807) is 0 Å². The Morgan fingerprint density at radius 1 is 1.25 bits per heavy atom. The van der Waals surface area contributed by atoms with E-state index >= 15 is 0 Å². The second-order valence-corrected chi connectivity index (χ2v) is 6.43. The molecule has 10 heteroatoms. The number of carbonyl (C=O) groups excluding carboxylic acids is 1. The number of likely N-dealkylation sites (tertiary alicyclic amines) is 1. The van der Waals surface area contributed by atoms with Crippen LogP contribution in [-0.2, 0) is 13.2 Å². The first-order valence-corrected chi connectivity index (χ1v) is 8.66. The molecule has 2 aromatic rings. The van der Waals surface area contributed by atoms with Crippen LogP contribution in [-0.4, -0.2) is 39.9 Å². The lowest BCUT2D eigenvalue weighted by Gasteiger charge is -2.32. The quantitative estimate of drug-likeness (QED) is 0.866. The molecule has 1 aromatic carbocycles. The number of anilines is 1. The Balaban J connectivity index is 1.55. The Labute approximate surface area is 158 Å². The molecule has 1 aliphatic rings. The minimum absolute atomic E-state index is 0.129. The van der Waals surface area contributed by atoms with Gasteiger partial charge in [-0.1, -0.05) is 6.07 Å². The van der Waals surface area contributed by atoms with Gasteiger partial charge in [-0.25, -0.2) is 9.48 Å². The third-order valence-electron chi connectivity index (χ3n) is 4.44. The van der Waals surface area contributed by atoms with Crippen LogP contribution in [0.4, 0.5) is 23.7 Å². The van der Waals surface area contributed by atoms with Crippen molar-refractivity contribution in [3.8, 4) is 5.75 Å². The average molecular weight is 396 g/mol. The van der Waals surface area contributed by atoms with Gasteiger partial charge in [0, 0.05) is 39.2 Å². The number of benzene rings is 1. The zero-order chi connectivity index (χ0) is 20.3. The number of hydrogen-bond acceptors (Lipinski definition) is 4. The number of piperidine rings is 1. The molecule has 0 spiro atoms. The molecule has 7 nitrogen and oxygen atoms in total. The lowest BCUT2D eigenvalue weighted by molar-refractivity contribution is -0.137. The average Bonchev–Trinajstić information content (AvgIpc) is 2.65. The number of rotatable bonds is 3. The van der Waals surface area contributed by atoms with Crippen LogP contribution in [0.5, 0.6) is 5.75 Å². The molecule has 0 saturated carbocycles. The number of amides is 2. The van der Waals surface area contributed by atoms with Crippen molar-refractivity contribution < 1.29 is 22.7 Å². The number of aryl methyl sites for hydroxylation is 1. The van der Waals surface area contributed by atoms with E-state index in [2.05, 4.69) is 10.4 Å². The van der Waals surface area contributed by atoms with E-state index in [1.165, 1.54) is 36.3 Å². The van der Waals surface area contributed by atoms with Crippen LogP contribution in [0.1, 0.15) is 18.4 Å². The SMILES string of the molecule is Cn1nccc(NC(=O)N2CCC(Oc3cccc(C(F)(F)F)c3)CC2)c1=O. The Hall–Kier alpha value is -3.04. The van der Waals surface area contributed by atoms with Crippen LogP contribution in [0.3, 0.4) is 0 Å².